The average molecular weight is 107 g/mol. The Labute approximate surface area is 50.1 Å². The summed E-state index contributed by atoms with van der Waals surface area (Å²) in [5.41, 5.74) is 0. The van der Waals surface area contributed by atoms with E-state index in [0.29, 0.717) is 6.42 Å². The maximum absolute atomic E-state index is 9.87. The molecule has 0 aromatic carbocycles. The first kappa shape index (κ1) is 5.80. The number of hydrogen-bond acceptors (Lipinski definition) is 1. The van der Waals surface area contributed by atoms with E-state index in [9.17, 15) is 4.79 Å². The molecule has 1 nitrogen and oxygen atoms in total. The van der Waals surface area contributed by atoms with Crippen molar-refractivity contribution in [1.29, 1.82) is 0 Å². The van der Waals surface area contributed by atoms with Crippen molar-refractivity contribution < 1.29 is 4.79 Å². The smallest absolute Gasteiger partial charge is 0.120 e. The Morgan fingerprint density at radius 1 is 1.38 bits per heavy atom. The highest BCUT2D eigenvalue weighted by Gasteiger charge is 2.15. The lowest BCUT2D eigenvalue weighted by atomic mass is 10.1. The summed E-state index contributed by atoms with van der Waals surface area (Å²) in [5, 5.41) is 0. The summed E-state index contributed by atoms with van der Waals surface area (Å²) in [7, 11) is 0. The molecule has 0 N–H and O–H groups in total. The predicted octanol–water partition coefficient (Wildman–Crippen LogP) is 0.981. The molecule has 1 aliphatic rings. The van der Waals surface area contributed by atoms with Crippen molar-refractivity contribution in [2.45, 2.75) is 6.42 Å². The maximum Gasteiger partial charge on any atom is 0.120 e. The molecule has 8 heavy (non-hydrogen) atoms. The van der Waals surface area contributed by atoms with Gasteiger partial charge in [-0.15, -0.1) is 0 Å². The third kappa shape index (κ3) is 1.32. The fourth-order valence-corrected chi connectivity index (χ4v) is 0.646. The first-order chi connectivity index (χ1) is 3.93. The fourth-order valence-electron chi connectivity index (χ4n) is 0.646. The molecule has 0 spiro atoms. The van der Waals surface area contributed by atoms with Gasteiger partial charge in [-0.1, -0.05) is 0 Å². The van der Waals surface area contributed by atoms with Gasteiger partial charge in [-0.25, -0.2) is 0 Å². The van der Waals surface area contributed by atoms with Crippen LogP contribution in [0, 0.1) is 31.6 Å². The molecule has 0 aliphatic heterocycles. The van der Waals surface area contributed by atoms with Crippen LogP contribution in [0.3, 0.4) is 0 Å². The second kappa shape index (κ2) is 2.85. The zero-order valence-electron chi connectivity index (χ0n) is 4.50. The van der Waals surface area contributed by atoms with Gasteiger partial charge in [0, 0.05) is 6.42 Å². The summed E-state index contributed by atoms with van der Waals surface area (Å²) in [6.45, 7) is 0. The molecule has 1 heteroatoms. The van der Waals surface area contributed by atoms with Crippen molar-refractivity contribution in [3.8, 4) is 0 Å². The van der Waals surface area contributed by atoms with Gasteiger partial charge in [-0.05, 0) is 31.6 Å². The van der Waals surface area contributed by atoms with Gasteiger partial charge in [0.25, 0.3) is 0 Å². The Morgan fingerprint density at radius 3 is 2.50 bits per heavy atom. The molecular formula is C7H7O. The highest BCUT2D eigenvalue weighted by molar-refractivity contribution is 5.57. The molecule has 0 amide bonds. The zero-order valence-corrected chi connectivity index (χ0v) is 4.50. The van der Waals surface area contributed by atoms with E-state index in [2.05, 4.69) is 0 Å². The topological polar surface area (TPSA) is 17.1 Å². The molecule has 1 rings (SSSR count). The minimum atomic E-state index is 0.549. The molecule has 0 saturated heterocycles. The average Bonchev–Trinajstić information content (AvgIpc) is 2.19. The van der Waals surface area contributed by atoms with Crippen LogP contribution in [0.5, 0.6) is 0 Å². The van der Waals surface area contributed by atoms with Crippen molar-refractivity contribution in [1.82, 2.24) is 0 Å². The second-order valence-corrected chi connectivity index (χ2v) is 1.66. The Hall–Kier alpha value is -0.330. The molecule has 0 heterocycles. The van der Waals surface area contributed by atoms with Crippen LogP contribution in [0.15, 0.2) is 0 Å². The van der Waals surface area contributed by atoms with Gasteiger partial charge in [0.15, 0.2) is 0 Å². The quantitative estimate of drug-likeness (QED) is 0.481. The van der Waals surface area contributed by atoms with Crippen LogP contribution >= 0.6 is 0 Å². The lowest BCUT2D eigenvalue weighted by molar-refractivity contribution is -0.107. The molecule has 0 unspecified atom stereocenters. The number of aldehydes is 1. The molecule has 0 atom stereocenters. The lowest BCUT2D eigenvalue weighted by Crippen LogP contribution is -1.90. The molecule has 0 aromatic heterocycles. The van der Waals surface area contributed by atoms with Crippen LogP contribution < -0.4 is 0 Å². The number of hydrogen-bond donors (Lipinski definition) is 0. The van der Waals surface area contributed by atoms with Crippen LogP contribution in [0.4, 0.5) is 0 Å². The van der Waals surface area contributed by atoms with E-state index in [-0.39, 0.29) is 0 Å². The van der Waals surface area contributed by atoms with Crippen LogP contribution in [0.25, 0.3) is 0 Å². The van der Waals surface area contributed by atoms with E-state index in [1.54, 1.807) is 0 Å². The second-order valence-electron chi connectivity index (χ2n) is 1.66. The summed E-state index contributed by atoms with van der Waals surface area (Å²) in [5.74, 6) is 1.10. The Morgan fingerprint density at radius 2 is 2.00 bits per heavy atom. The number of carbonyl (C=O) groups is 1. The highest BCUT2D eigenvalue weighted by Crippen LogP contribution is 2.24. The Kier molecular flexibility index (Phi) is 2.07. The van der Waals surface area contributed by atoms with Gasteiger partial charge in [0.2, 0.25) is 0 Å². The first-order valence-electron chi connectivity index (χ1n) is 2.57. The van der Waals surface area contributed by atoms with Gasteiger partial charge in [0.1, 0.15) is 6.29 Å². The van der Waals surface area contributed by atoms with Crippen molar-refractivity contribution in [2.24, 2.45) is 0 Å². The van der Waals surface area contributed by atoms with E-state index in [4.69, 9.17) is 0 Å². The zero-order chi connectivity index (χ0) is 5.82. The SMILES string of the molecule is O=CC[C]1[CH][CH][CH][CH]1. The minimum Gasteiger partial charge on any atom is -0.303 e. The third-order valence-electron chi connectivity index (χ3n) is 1.05. The number of carbonyl (C=O) groups excluding carboxylic acids is 1. The third-order valence-corrected chi connectivity index (χ3v) is 1.05. The summed E-state index contributed by atoms with van der Waals surface area (Å²) in [6, 6.07) is 0. The fraction of sp³-hybridized carbons (Fsp3) is 0.143. The maximum atomic E-state index is 9.87. The van der Waals surface area contributed by atoms with Crippen molar-refractivity contribution in [2.75, 3.05) is 0 Å². The van der Waals surface area contributed by atoms with Crippen molar-refractivity contribution in [3.63, 3.8) is 0 Å². The number of rotatable bonds is 2. The van der Waals surface area contributed by atoms with Crippen molar-refractivity contribution in [3.05, 3.63) is 31.6 Å². The van der Waals surface area contributed by atoms with Crippen LogP contribution in [0.2, 0.25) is 0 Å². The van der Waals surface area contributed by atoms with E-state index >= 15 is 0 Å². The molecule has 5 radical (unpaired) electrons. The van der Waals surface area contributed by atoms with E-state index in [0.717, 1.165) is 12.2 Å². The lowest BCUT2D eigenvalue weighted by Gasteiger charge is -1.97. The van der Waals surface area contributed by atoms with E-state index in [1.165, 1.54) is 0 Å². The summed E-state index contributed by atoms with van der Waals surface area (Å²) >= 11 is 0. The summed E-state index contributed by atoms with van der Waals surface area (Å²) < 4.78 is 0. The van der Waals surface area contributed by atoms with E-state index in [1.807, 2.05) is 25.7 Å². The predicted molar refractivity (Wildman–Crippen MR) is 31.1 cm³/mol. The first-order valence-corrected chi connectivity index (χ1v) is 2.57. The van der Waals surface area contributed by atoms with Crippen LogP contribution in [-0.2, 0) is 4.79 Å². The molecule has 0 bridgehead atoms. The van der Waals surface area contributed by atoms with E-state index < -0.39 is 0 Å². The van der Waals surface area contributed by atoms with Gasteiger partial charge < -0.3 is 4.79 Å². The largest absolute Gasteiger partial charge is 0.303 e. The summed E-state index contributed by atoms with van der Waals surface area (Å²) in [6.07, 6.45) is 9.20. The van der Waals surface area contributed by atoms with Gasteiger partial charge in [-0.2, -0.15) is 0 Å². The monoisotopic (exact) mass is 107 g/mol. The summed E-state index contributed by atoms with van der Waals surface area (Å²) in [4.78, 5) is 9.87. The standard InChI is InChI=1S/C7H7O/c8-6-5-7-3-1-2-4-7/h1-4,6H,5H2. The molecule has 1 saturated carbocycles. The Balaban J connectivity index is 2.14. The normalized spacial score (nSPS) is 21.5. The minimum absolute atomic E-state index is 0.549. The van der Waals surface area contributed by atoms with Crippen LogP contribution in [0.1, 0.15) is 6.42 Å². The molecule has 1 aliphatic carbocycles. The molecule has 1 fully saturated rings. The van der Waals surface area contributed by atoms with Gasteiger partial charge in [-0.3, -0.25) is 0 Å². The van der Waals surface area contributed by atoms with Gasteiger partial charge in [0.05, 0.1) is 0 Å². The van der Waals surface area contributed by atoms with Gasteiger partial charge >= 0.3 is 0 Å². The molecule has 0 aromatic rings. The highest BCUT2D eigenvalue weighted by atomic mass is 16.1. The molecule has 41 valence electrons. The van der Waals surface area contributed by atoms with Crippen molar-refractivity contribution >= 4 is 6.29 Å². The van der Waals surface area contributed by atoms with Crippen LogP contribution in [-0.4, -0.2) is 6.29 Å². The molecular weight excluding hydrogens is 100 g/mol. The Bertz CT molecular complexity index is 72.5.